The number of hydrogen-bond donors (Lipinski definition) is 0. The molecule has 0 heterocycles. The second kappa shape index (κ2) is 6.95. The summed E-state index contributed by atoms with van der Waals surface area (Å²) in [6.07, 6.45) is 16.8. The second-order valence-corrected chi connectivity index (χ2v) is 13.5. The van der Waals surface area contributed by atoms with Crippen LogP contribution in [0.15, 0.2) is 23.3 Å². The summed E-state index contributed by atoms with van der Waals surface area (Å²) in [6, 6.07) is 0. The molecule has 5 atom stereocenters. The van der Waals surface area contributed by atoms with Crippen molar-refractivity contribution >= 4 is 17.5 Å². The summed E-state index contributed by atoms with van der Waals surface area (Å²) in [6.45, 7) is 3.71. The Labute approximate surface area is 203 Å². The van der Waals surface area contributed by atoms with E-state index in [1.807, 2.05) is 6.08 Å². The Kier molecular flexibility index (Phi) is 4.41. The lowest BCUT2D eigenvalue weighted by Crippen LogP contribution is -2.57. The average molecular weight is 463 g/mol. The number of rotatable bonds is 2. The normalized spacial score (nSPS) is 50.8. The first-order valence-corrected chi connectivity index (χ1v) is 13.9. The van der Waals surface area contributed by atoms with Crippen molar-refractivity contribution in [1.82, 2.24) is 0 Å². The standard InChI is InChI=1S/C30H38O4/c1-17(31)34-30-16-25(29-13-18-9-19(14-29)11-20(10-18)15-29)26(32)12-21(30)3-4-22-23-5-6-27(33)28(23,2)8-7-24(22)30/h12,16,18-20,22-24H,3-11,13-15H2,1-2H3/t18?,19?,20?,22?,23?,24?,28-,29?,30?/m0/s1. The maximum atomic E-state index is 13.7. The molecule has 8 aliphatic rings. The van der Waals surface area contributed by atoms with Crippen LogP contribution in [-0.4, -0.2) is 23.1 Å². The number of esters is 1. The van der Waals surface area contributed by atoms with Crippen molar-refractivity contribution in [3.63, 3.8) is 0 Å². The number of ketones is 2. The van der Waals surface area contributed by atoms with E-state index >= 15 is 0 Å². The van der Waals surface area contributed by atoms with E-state index < -0.39 is 5.60 Å². The molecule has 0 N–H and O–H groups in total. The van der Waals surface area contributed by atoms with E-state index in [9.17, 15) is 14.4 Å². The van der Waals surface area contributed by atoms with Crippen LogP contribution in [0.2, 0.25) is 0 Å². The summed E-state index contributed by atoms with van der Waals surface area (Å²) in [5.74, 6) is 3.58. The Hall–Kier alpha value is -1.71. The molecule has 34 heavy (non-hydrogen) atoms. The van der Waals surface area contributed by atoms with Gasteiger partial charge in [-0.2, -0.15) is 0 Å². The highest BCUT2D eigenvalue weighted by atomic mass is 16.6. The maximum absolute atomic E-state index is 13.7. The Morgan fingerprint density at radius 1 is 0.941 bits per heavy atom. The minimum atomic E-state index is -0.783. The van der Waals surface area contributed by atoms with E-state index in [2.05, 4.69) is 13.0 Å². The predicted molar refractivity (Wildman–Crippen MR) is 128 cm³/mol. The van der Waals surface area contributed by atoms with Crippen LogP contribution in [-0.2, 0) is 19.1 Å². The first kappa shape index (κ1) is 21.6. The molecule has 0 amide bonds. The summed E-state index contributed by atoms with van der Waals surface area (Å²) in [5.41, 5.74) is 0.995. The molecule has 8 aliphatic carbocycles. The molecule has 0 aromatic carbocycles. The molecule has 0 saturated heterocycles. The topological polar surface area (TPSA) is 60.4 Å². The number of fused-ring (bicyclic) bond motifs is 5. The van der Waals surface area contributed by atoms with Crippen molar-refractivity contribution in [2.24, 2.45) is 46.3 Å². The van der Waals surface area contributed by atoms with Gasteiger partial charge in [0.1, 0.15) is 5.78 Å². The zero-order valence-corrected chi connectivity index (χ0v) is 20.7. The molecule has 0 aromatic heterocycles. The maximum Gasteiger partial charge on any atom is 0.303 e. The largest absolute Gasteiger partial charge is 0.450 e. The van der Waals surface area contributed by atoms with Gasteiger partial charge < -0.3 is 4.74 Å². The summed E-state index contributed by atoms with van der Waals surface area (Å²) < 4.78 is 6.38. The monoisotopic (exact) mass is 462 g/mol. The van der Waals surface area contributed by atoms with Crippen LogP contribution in [0.1, 0.15) is 90.9 Å². The van der Waals surface area contributed by atoms with Gasteiger partial charge >= 0.3 is 5.97 Å². The van der Waals surface area contributed by atoms with Crippen LogP contribution < -0.4 is 0 Å². The molecule has 0 radical (unpaired) electrons. The highest BCUT2D eigenvalue weighted by Gasteiger charge is 2.63. The lowest BCUT2D eigenvalue weighted by molar-refractivity contribution is -0.165. The van der Waals surface area contributed by atoms with Gasteiger partial charge in [0.05, 0.1) is 0 Å². The van der Waals surface area contributed by atoms with E-state index in [1.165, 1.54) is 26.2 Å². The lowest BCUT2D eigenvalue weighted by atomic mass is 9.45. The number of carbonyl (C=O) groups excluding carboxylic acids is 3. The van der Waals surface area contributed by atoms with Gasteiger partial charge in [0.15, 0.2) is 11.4 Å². The fourth-order valence-corrected chi connectivity index (χ4v) is 10.9. The van der Waals surface area contributed by atoms with Gasteiger partial charge in [-0.25, -0.2) is 0 Å². The van der Waals surface area contributed by atoms with Crippen LogP contribution in [0.25, 0.3) is 0 Å². The fraction of sp³-hybridized carbons (Fsp3) is 0.767. The molecule has 0 spiro atoms. The molecule has 4 bridgehead atoms. The summed E-state index contributed by atoms with van der Waals surface area (Å²) >= 11 is 0. The summed E-state index contributed by atoms with van der Waals surface area (Å²) in [4.78, 5) is 39.1. The van der Waals surface area contributed by atoms with Crippen molar-refractivity contribution in [3.05, 3.63) is 23.3 Å². The van der Waals surface area contributed by atoms with Crippen molar-refractivity contribution < 1.29 is 19.1 Å². The Bertz CT molecular complexity index is 1010. The molecule has 8 rings (SSSR count). The van der Waals surface area contributed by atoms with E-state index in [0.717, 1.165) is 80.3 Å². The smallest absolute Gasteiger partial charge is 0.303 e. The molecule has 4 nitrogen and oxygen atoms in total. The Balaban J connectivity index is 1.34. The van der Waals surface area contributed by atoms with Crippen LogP contribution in [0.3, 0.4) is 0 Å². The van der Waals surface area contributed by atoms with Gasteiger partial charge in [0, 0.05) is 30.3 Å². The van der Waals surface area contributed by atoms with Gasteiger partial charge in [-0.05, 0) is 123 Å². The van der Waals surface area contributed by atoms with Gasteiger partial charge in [-0.3, -0.25) is 14.4 Å². The average Bonchev–Trinajstić information content (AvgIpc) is 3.07. The highest BCUT2D eigenvalue weighted by Crippen LogP contribution is 2.66. The van der Waals surface area contributed by atoms with Crippen molar-refractivity contribution in [2.75, 3.05) is 0 Å². The molecule has 4 heteroatoms. The van der Waals surface area contributed by atoms with E-state index in [4.69, 9.17) is 4.74 Å². The number of ether oxygens (including phenoxy) is 1. The van der Waals surface area contributed by atoms with Crippen molar-refractivity contribution in [2.45, 2.75) is 96.5 Å². The third-order valence-corrected chi connectivity index (χ3v) is 11.8. The van der Waals surface area contributed by atoms with Gasteiger partial charge in [-0.15, -0.1) is 0 Å². The highest BCUT2D eigenvalue weighted by molar-refractivity contribution is 6.07. The first-order chi connectivity index (χ1) is 16.2. The second-order valence-electron chi connectivity index (χ2n) is 13.5. The van der Waals surface area contributed by atoms with Crippen LogP contribution in [0.5, 0.6) is 0 Å². The van der Waals surface area contributed by atoms with Crippen molar-refractivity contribution in [3.8, 4) is 0 Å². The predicted octanol–water partition coefficient (Wildman–Crippen LogP) is 5.75. The zero-order valence-electron chi connectivity index (χ0n) is 20.7. The third-order valence-electron chi connectivity index (χ3n) is 11.8. The molecule has 182 valence electrons. The van der Waals surface area contributed by atoms with Crippen LogP contribution in [0.4, 0.5) is 0 Å². The molecular formula is C30H38O4. The van der Waals surface area contributed by atoms with E-state index in [1.54, 1.807) is 0 Å². The molecule has 7 fully saturated rings. The molecule has 4 unspecified atom stereocenters. The summed E-state index contributed by atoms with van der Waals surface area (Å²) in [7, 11) is 0. The number of hydrogen-bond acceptors (Lipinski definition) is 4. The first-order valence-electron chi connectivity index (χ1n) is 13.9. The third kappa shape index (κ3) is 2.75. The minimum Gasteiger partial charge on any atom is -0.450 e. The van der Waals surface area contributed by atoms with Gasteiger partial charge in [-0.1, -0.05) is 6.92 Å². The molecular weight excluding hydrogens is 424 g/mol. The van der Waals surface area contributed by atoms with Crippen LogP contribution in [0, 0.1) is 46.3 Å². The fourth-order valence-electron chi connectivity index (χ4n) is 10.9. The van der Waals surface area contributed by atoms with Gasteiger partial charge in [0.25, 0.3) is 0 Å². The quantitative estimate of drug-likeness (QED) is 0.491. The minimum absolute atomic E-state index is 0.0134. The Morgan fingerprint density at radius 2 is 1.62 bits per heavy atom. The van der Waals surface area contributed by atoms with E-state index in [0.29, 0.717) is 24.0 Å². The number of carbonyl (C=O) groups is 3. The number of allylic oxidation sites excluding steroid dienone is 2. The molecule has 7 saturated carbocycles. The molecule has 0 aliphatic heterocycles. The van der Waals surface area contributed by atoms with E-state index in [-0.39, 0.29) is 28.5 Å². The Morgan fingerprint density at radius 3 is 2.26 bits per heavy atom. The SMILES string of the molecule is CC(=O)OC12C=C(C34CC5CC(CC(C5)C3)C4)C(=O)C=C1CCC1C2CC[C@]2(C)C(=O)CCC12. The zero-order chi connectivity index (χ0) is 23.5. The molecule has 0 aromatic rings. The summed E-state index contributed by atoms with van der Waals surface area (Å²) in [5, 5.41) is 0. The van der Waals surface area contributed by atoms with Crippen LogP contribution >= 0.6 is 0 Å². The van der Waals surface area contributed by atoms with Crippen molar-refractivity contribution in [1.29, 1.82) is 0 Å². The number of Topliss-reactive ketones (excluding diaryl/α,β-unsaturated/α-hetero) is 1. The lowest BCUT2D eigenvalue weighted by Gasteiger charge is -2.59. The van der Waals surface area contributed by atoms with Gasteiger partial charge in [0.2, 0.25) is 0 Å².